The number of carbonyl (C=O) groups is 2. The van der Waals surface area contributed by atoms with Gasteiger partial charge in [-0.2, -0.15) is 0 Å². The number of nitrogens with one attached hydrogen (secondary N) is 2. The first-order chi connectivity index (χ1) is 10.5. The lowest BCUT2D eigenvalue weighted by Gasteiger charge is -2.19. The number of aryl methyl sites for hydroxylation is 1. The minimum Gasteiger partial charge on any atom is -0.448 e. The van der Waals surface area contributed by atoms with Gasteiger partial charge in [-0.1, -0.05) is 13.8 Å². The molecule has 0 radical (unpaired) electrons. The van der Waals surface area contributed by atoms with Gasteiger partial charge in [-0.25, -0.2) is 9.97 Å². The standard InChI is InChI=1S/C14H18N4O3S/c1-8(2)6-10(12(19)18-14-15-4-5-22-14)17-13(20)11-9(3)21-7-16-11/h4-5,7-8,10H,6H2,1-3H3,(H,17,20)(H,15,18,19). The third-order valence-corrected chi connectivity index (χ3v) is 3.64. The molecule has 0 aliphatic heterocycles. The lowest BCUT2D eigenvalue weighted by Crippen LogP contribution is -2.44. The summed E-state index contributed by atoms with van der Waals surface area (Å²) in [5.74, 6) is -0.0591. The van der Waals surface area contributed by atoms with Crippen LogP contribution in [0.3, 0.4) is 0 Å². The number of anilines is 1. The number of hydrogen-bond donors (Lipinski definition) is 2. The molecule has 118 valence electrons. The van der Waals surface area contributed by atoms with Crippen molar-refractivity contribution in [2.75, 3.05) is 5.32 Å². The molecule has 0 spiro atoms. The Morgan fingerprint density at radius 3 is 2.68 bits per heavy atom. The van der Waals surface area contributed by atoms with E-state index in [0.29, 0.717) is 17.3 Å². The van der Waals surface area contributed by atoms with Crippen molar-refractivity contribution in [3.05, 3.63) is 29.4 Å². The molecule has 7 nitrogen and oxygen atoms in total. The fourth-order valence-electron chi connectivity index (χ4n) is 1.93. The van der Waals surface area contributed by atoms with E-state index < -0.39 is 11.9 Å². The van der Waals surface area contributed by atoms with Crippen LogP contribution in [-0.4, -0.2) is 27.8 Å². The van der Waals surface area contributed by atoms with Crippen LogP contribution in [0.5, 0.6) is 0 Å². The molecule has 22 heavy (non-hydrogen) atoms. The van der Waals surface area contributed by atoms with E-state index in [1.54, 1.807) is 18.5 Å². The van der Waals surface area contributed by atoms with Crippen LogP contribution in [0.15, 0.2) is 22.4 Å². The summed E-state index contributed by atoms with van der Waals surface area (Å²) >= 11 is 1.32. The zero-order valence-electron chi connectivity index (χ0n) is 12.6. The van der Waals surface area contributed by atoms with Crippen molar-refractivity contribution in [1.82, 2.24) is 15.3 Å². The highest BCUT2D eigenvalue weighted by Gasteiger charge is 2.25. The first-order valence-corrected chi connectivity index (χ1v) is 7.76. The lowest BCUT2D eigenvalue weighted by molar-refractivity contribution is -0.118. The molecule has 0 saturated carbocycles. The molecular formula is C14H18N4O3S. The van der Waals surface area contributed by atoms with Crippen LogP contribution in [-0.2, 0) is 4.79 Å². The molecule has 0 aliphatic rings. The summed E-state index contributed by atoms with van der Waals surface area (Å²) in [6.45, 7) is 5.61. The fourth-order valence-corrected chi connectivity index (χ4v) is 2.46. The van der Waals surface area contributed by atoms with E-state index in [1.807, 2.05) is 13.8 Å². The lowest BCUT2D eigenvalue weighted by atomic mass is 10.0. The largest absolute Gasteiger partial charge is 0.448 e. The van der Waals surface area contributed by atoms with Crippen molar-refractivity contribution in [2.24, 2.45) is 5.92 Å². The molecule has 0 bridgehead atoms. The second kappa shape index (κ2) is 7.17. The van der Waals surface area contributed by atoms with Crippen molar-refractivity contribution in [2.45, 2.75) is 33.2 Å². The molecule has 0 saturated heterocycles. The van der Waals surface area contributed by atoms with Crippen LogP contribution in [0, 0.1) is 12.8 Å². The zero-order chi connectivity index (χ0) is 16.1. The molecule has 1 unspecified atom stereocenters. The van der Waals surface area contributed by atoms with Crippen molar-refractivity contribution in [3.63, 3.8) is 0 Å². The van der Waals surface area contributed by atoms with Crippen LogP contribution in [0.1, 0.15) is 36.5 Å². The molecule has 2 aromatic heterocycles. The average molecular weight is 322 g/mol. The van der Waals surface area contributed by atoms with Gasteiger partial charge in [-0.05, 0) is 19.3 Å². The van der Waals surface area contributed by atoms with Crippen molar-refractivity contribution in [1.29, 1.82) is 0 Å². The topological polar surface area (TPSA) is 97.1 Å². The van der Waals surface area contributed by atoms with Gasteiger partial charge in [0.25, 0.3) is 5.91 Å². The third-order valence-electron chi connectivity index (χ3n) is 2.95. The number of amides is 2. The second-order valence-electron chi connectivity index (χ2n) is 5.24. The predicted molar refractivity (Wildman–Crippen MR) is 82.7 cm³/mol. The van der Waals surface area contributed by atoms with E-state index in [9.17, 15) is 9.59 Å². The maximum absolute atomic E-state index is 12.3. The molecule has 8 heteroatoms. The highest BCUT2D eigenvalue weighted by Crippen LogP contribution is 2.13. The Bertz CT molecular complexity index is 636. The zero-order valence-corrected chi connectivity index (χ0v) is 13.4. The first kappa shape index (κ1) is 16.2. The Kier molecular flexibility index (Phi) is 5.26. The molecule has 2 amide bonds. The monoisotopic (exact) mass is 322 g/mol. The van der Waals surface area contributed by atoms with E-state index in [2.05, 4.69) is 20.6 Å². The Morgan fingerprint density at radius 2 is 2.14 bits per heavy atom. The van der Waals surface area contributed by atoms with E-state index in [1.165, 1.54) is 17.7 Å². The summed E-state index contributed by atoms with van der Waals surface area (Å²) in [7, 11) is 0. The van der Waals surface area contributed by atoms with E-state index in [0.717, 1.165) is 0 Å². The number of rotatable bonds is 6. The summed E-state index contributed by atoms with van der Waals surface area (Å²) in [6, 6.07) is -0.660. The Hall–Kier alpha value is -2.22. The Labute approximate surface area is 132 Å². The first-order valence-electron chi connectivity index (χ1n) is 6.88. The molecule has 0 fully saturated rings. The van der Waals surface area contributed by atoms with Gasteiger partial charge in [0.1, 0.15) is 11.8 Å². The number of hydrogen-bond acceptors (Lipinski definition) is 6. The van der Waals surface area contributed by atoms with E-state index >= 15 is 0 Å². The van der Waals surface area contributed by atoms with Crippen LogP contribution in [0.25, 0.3) is 0 Å². The van der Waals surface area contributed by atoms with Crippen molar-refractivity contribution < 1.29 is 14.0 Å². The average Bonchev–Trinajstić information content (AvgIpc) is 3.08. The minimum absolute atomic E-state index is 0.191. The Morgan fingerprint density at radius 1 is 1.36 bits per heavy atom. The maximum atomic E-state index is 12.3. The molecule has 1 atom stereocenters. The van der Waals surface area contributed by atoms with Crippen molar-refractivity contribution >= 4 is 28.3 Å². The summed E-state index contributed by atoms with van der Waals surface area (Å²) in [4.78, 5) is 32.4. The normalized spacial score (nSPS) is 12.2. The summed E-state index contributed by atoms with van der Waals surface area (Å²) in [5, 5.41) is 7.68. The van der Waals surface area contributed by atoms with E-state index in [4.69, 9.17) is 4.42 Å². The summed E-state index contributed by atoms with van der Waals surface area (Å²) in [6.07, 6.45) is 3.33. The quantitative estimate of drug-likeness (QED) is 0.850. The van der Waals surface area contributed by atoms with Gasteiger partial charge in [-0.15, -0.1) is 11.3 Å². The van der Waals surface area contributed by atoms with Crippen LogP contribution < -0.4 is 10.6 Å². The van der Waals surface area contributed by atoms with Gasteiger partial charge >= 0.3 is 0 Å². The van der Waals surface area contributed by atoms with Crippen LogP contribution in [0.2, 0.25) is 0 Å². The molecule has 2 rings (SSSR count). The van der Waals surface area contributed by atoms with Gasteiger partial charge < -0.3 is 15.1 Å². The molecule has 2 aromatic rings. The third kappa shape index (κ3) is 4.14. The molecule has 0 aliphatic carbocycles. The molecular weight excluding hydrogens is 304 g/mol. The number of thiazole rings is 1. The number of carbonyl (C=O) groups excluding carboxylic acids is 2. The summed E-state index contributed by atoms with van der Waals surface area (Å²) < 4.78 is 5.01. The number of nitrogens with zero attached hydrogens (tertiary/aromatic N) is 2. The smallest absolute Gasteiger partial charge is 0.274 e. The predicted octanol–water partition coefficient (Wildman–Crippen LogP) is 2.22. The number of aromatic nitrogens is 2. The van der Waals surface area contributed by atoms with Gasteiger partial charge in [-0.3, -0.25) is 9.59 Å². The second-order valence-corrected chi connectivity index (χ2v) is 6.13. The Balaban J connectivity index is 2.07. The molecule has 2 heterocycles. The SMILES string of the molecule is Cc1ocnc1C(=O)NC(CC(C)C)C(=O)Nc1nccs1. The van der Waals surface area contributed by atoms with E-state index in [-0.39, 0.29) is 17.5 Å². The van der Waals surface area contributed by atoms with Gasteiger partial charge in [0.15, 0.2) is 17.2 Å². The van der Waals surface area contributed by atoms with Gasteiger partial charge in [0, 0.05) is 11.6 Å². The highest BCUT2D eigenvalue weighted by molar-refractivity contribution is 7.13. The van der Waals surface area contributed by atoms with Gasteiger partial charge in [0.05, 0.1) is 0 Å². The van der Waals surface area contributed by atoms with Crippen LogP contribution >= 0.6 is 11.3 Å². The summed E-state index contributed by atoms with van der Waals surface area (Å²) in [5.41, 5.74) is 0.191. The van der Waals surface area contributed by atoms with Crippen molar-refractivity contribution in [3.8, 4) is 0 Å². The fraction of sp³-hybridized carbons (Fsp3) is 0.429. The highest BCUT2D eigenvalue weighted by atomic mass is 32.1. The van der Waals surface area contributed by atoms with Gasteiger partial charge in [0.2, 0.25) is 5.91 Å². The maximum Gasteiger partial charge on any atom is 0.274 e. The minimum atomic E-state index is -0.660. The number of oxazole rings is 1. The molecule has 0 aromatic carbocycles. The van der Waals surface area contributed by atoms with Crippen LogP contribution in [0.4, 0.5) is 5.13 Å². The molecule has 2 N–H and O–H groups in total.